The Morgan fingerprint density at radius 3 is 2.49 bits per heavy atom. The predicted octanol–water partition coefficient (Wildman–Crippen LogP) is 3.91. The Kier molecular flexibility index (Phi) is 6.57. The maximum Gasteiger partial charge on any atom is 0.407 e. The maximum absolute atomic E-state index is 12.7. The molecule has 4 aromatic rings. The van der Waals surface area contributed by atoms with Crippen LogP contribution in [0.4, 0.5) is 16.4 Å². The average molecular weight is 527 g/mol. The van der Waals surface area contributed by atoms with Gasteiger partial charge < -0.3 is 21.1 Å². The molecule has 1 atom stereocenters. The number of benzene rings is 1. The van der Waals surface area contributed by atoms with E-state index in [0.717, 1.165) is 54.8 Å². The molecule has 3 aromatic heterocycles. The molecule has 4 N–H and O–H groups in total. The Morgan fingerprint density at radius 2 is 1.77 bits per heavy atom. The SMILES string of the molecule is Nc1nccn2c([C@@H]3CCCN3C3CCN(C(=O)O)CC3)nc(-c3ccc(C(=O)Nc4ccccn4)cc3)c12. The van der Waals surface area contributed by atoms with Crippen molar-refractivity contribution in [2.45, 2.75) is 37.8 Å². The monoisotopic (exact) mass is 526 g/mol. The van der Waals surface area contributed by atoms with Gasteiger partial charge in [0.05, 0.1) is 6.04 Å². The van der Waals surface area contributed by atoms with E-state index in [-0.39, 0.29) is 11.9 Å². The van der Waals surface area contributed by atoms with Crippen LogP contribution >= 0.6 is 0 Å². The minimum Gasteiger partial charge on any atom is -0.465 e. The molecule has 0 bridgehead atoms. The molecule has 2 aliphatic rings. The van der Waals surface area contributed by atoms with E-state index in [0.29, 0.717) is 36.3 Å². The Bertz CT molecular complexity index is 1500. The number of aromatic nitrogens is 4. The van der Waals surface area contributed by atoms with Crippen LogP contribution in [0.5, 0.6) is 0 Å². The highest BCUT2D eigenvalue weighted by Crippen LogP contribution is 2.39. The standard InChI is InChI=1S/C28H30N8O3/c29-25-24-23(18-6-8-19(9-7-18)27(37)32-22-5-1-2-12-30-22)33-26(36(24)17-13-31-25)21-4-3-14-35(21)20-10-15-34(16-11-20)28(38)39/h1-2,5-9,12-13,17,20-21H,3-4,10-11,14-16H2,(H2,29,31)(H,38,39)(H,30,32,37)/t21-/m0/s1. The predicted molar refractivity (Wildman–Crippen MR) is 146 cm³/mol. The molecule has 11 nitrogen and oxygen atoms in total. The molecule has 2 aliphatic heterocycles. The molecule has 2 amide bonds. The molecule has 5 heterocycles. The molecular formula is C28H30N8O3. The zero-order valence-corrected chi connectivity index (χ0v) is 21.4. The molecule has 0 radical (unpaired) electrons. The van der Waals surface area contributed by atoms with Crippen molar-refractivity contribution in [3.63, 3.8) is 0 Å². The number of carbonyl (C=O) groups is 2. The van der Waals surface area contributed by atoms with Crippen molar-refractivity contribution >= 4 is 29.2 Å². The Balaban J connectivity index is 1.29. The number of fused-ring (bicyclic) bond motifs is 1. The Hall–Kier alpha value is -4.51. The highest BCUT2D eigenvalue weighted by atomic mass is 16.4. The zero-order chi connectivity index (χ0) is 26.9. The number of amides is 2. The summed E-state index contributed by atoms with van der Waals surface area (Å²) in [6.45, 7) is 2.05. The Morgan fingerprint density at radius 1 is 0.974 bits per heavy atom. The summed E-state index contributed by atoms with van der Waals surface area (Å²) in [5.41, 5.74) is 9.19. The van der Waals surface area contributed by atoms with Crippen LogP contribution in [0.1, 0.15) is 47.9 Å². The summed E-state index contributed by atoms with van der Waals surface area (Å²) in [5.74, 6) is 1.55. The van der Waals surface area contributed by atoms with E-state index in [9.17, 15) is 14.7 Å². The fourth-order valence-corrected chi connectivity index (χ4v) is 5.82. The van der Waals surface area contributed by atoms with Crippen LogP contribution < -0.4 is 11.1 Å². The van der Waals surface area contributed by atoms with Crippen molar-refractivity contribution in [2.24, 2.45) is 0 Å². The van der Waals surface area contributed by atoms with Crippen LogP contribution in [0, 0.1) is 0 Å². The first-order chi connectivity index (χ1) is 19.0. The summed E-state index contributed by atoms with van der Waals surface area (Å²) < 4.78 is 2.04. The van der Waals surface area contributed by atoms with Gasteiger partial charge in [0.1, 0.15) is 28.7 Å². The lowest BCUT2D eigenvalue weighted by Gasteiger charge is -2.38. The van der Waals surface area contributed by atoms with Crippen molar-refractivity contribution in [1.82, 2.24) is 29.2 Å². The van der Waals surface area contributed by atoms with Gasteiger partial charge >= 0.3 is 6.09 Å². The molecule has 0 aliphatic carbocycles. The van der Waals surface area contributed by atoms with E-state index in [1.54, 1.807) is 36.7 Å². The second kappa shape index (κ2) is 10.3. The van der Waals surface area contributed by atoms with Gasteiger partial charge in [-0.3, -0.25) is 14.1 Å². The lowest BCUT2D eigenvalue weighted by atomic mass is 10.0. The van der Waals surface area contributed by atoms with Crippen LogP contribution in [-0.4, -0.2) is 71.9 Å². The number of nitrogens with two attached hydrogens (primary N) is 1. The summed E-state index contributed by atoms with van der Waals surface area (Å²) in [6.07, 6.45) is 8.00. The number of hydrogen-bond donors (Lipinski definition) is 3. The third-order valence-electron chi connectivity index (χ3n) is 7.73. The number of carboxylic acid groups (broad SMARTS) is 1. The third kappa shape index (κ3) is 4.76. The molecule has 1 aromatic carbocycles. The molecular weight excluding hydrogens is 496 g/mol. The summed E-state index contributed by atoms with van der Waals surface area (Å²) in [4.78, 5) is 41.7. The largest absolute Gasteiger partial charge is 0.465 e. The van der Waals surface area contributed by atoms with Crippen molar-refractivity contribution < 1.29 is 14.7 Å². The smallest absolute Gasteiger partial charge is 0.407 e. The average Bonchev–Trinajstić information content (AvgIpc) is 3.59. The number of hydrogen-bond acceptors (Lipinski definition) is 7. The fraction of sp³-hybridized carbons (Fsp3) is 0.321. The van der Waals surface area contributed by atoms with E-state index in [2.05, 4.69) is 20.2 Å². The van der Waals surface area contributed by atoms with Crippen LogP contribution in [-0.2, 0) is 0 Å². The number of likely N-dealkylation sites (tertiary alicyclic amines) is 2. The first kappa shape index (κ1) is 24.8. The quantitative estimate of drug-likeness (QED) is 0.355. The first-order valence-corrected chi connectivity index (χ1v) is 13.2. The number of nitrogens with one attached hydrogen (secondary N) is 1. The third-order valence-corrected chi connectivity index (χ3v) is 7.73. The van der Waals surface area contributed by atoms with E-state index in [4.69, 9.17) is 10.7 Å². The molecule has 11 heteroatoms. The van der Waals surface area contributed by atoms with Crippen LogP contribution in [0.15, 0.2) is 61.1 Å². The van der Waals surface area contributed by atoms with E-state index >= 15 is 0 Å². The lowest BCUT2D eigenvalue weighted by molar-refractivity contribution is 0.0868. The van der Waals surface area contributed by atoms with Crippen LogP contribution in [0.25, 0.3) is 16.8 Å². The van der Waals surface area contributed by atoms with Gasteiger partial charge in [-0.1, -0.05) is 18.2 Å². The number of nitrogen functional groups attached to an aromatic ring is 1. The topological polar surface area (TPSA) is 142 Å². The molecule has 39 heavy (non-hydrogen) atoms. The van der Waals surface area contributed by atoms with Crippen LogP contribution in [0.2, 0.25) is 0 Å². The van der Waals surface area contributed by atoms with Gasteiger partial charge in [-0.15, -0.1) is 0 Å². The summed E-state index contributed by atoms with van der Waals surface area (Å²) in [5, 5.41) is 12.1. The van der Waals surface area contributed by atoms with Gasteiger partial charge in [0.15, 0.2) is 0 Å². The molecule has 0 unspecified atom stereocenters. The highest BCUT2D eigenvalue weighted by molar-refractivity contribution is 6.04. The molecule has 200 valence electrons. The minimum absolute atomic E-state index is 0.0952. The second-order valence-electron chi connectivity index (χ2n) is 9.99. The van der Waals surface area contributed by atoms with Gasteiger partial charge in [0, 0.05) is 48.8 Å². The Labute approximate surface area is 225 Å². The number of nitrogens with zero attached hydrogens (tertiary/aromatic N) is 6. The second-order valence-corrected chi connectivity index (χ2v) is 9.99. The van der Waals surface area contributed by atoms with E-state index < -0.39 is 6.09 Å². The molecule has 6 rings (SSSR count). The van der Waals surface area contributed by atoms with E-state index in [1.807, 2.05) is 28.8 Å². The van der Waals surface area contributed by atoms with Crippen molar-refractivity contribution in [2.75, 3.05) is 30.7 Å². The first-order valence-electron chi connectivity index (χ1n) is 13.2. The van der Waals surface area contributed by atoms with Crippen molar-refractivity contribution in [3.05, 3.63) is 72.4 Å². The van der Waals surface area contributed by atoms with Crippen molar-refractivity contribution in [3.8, 4) is 11.3 Å². The number of anilines is 2. The molecule has 0 saturated carbocycles. The lowest BCUT2D eigenvalue weighted by Crippen LogP contribution is -2.46. The summed E-state index contributed by atoms with van der Waals surface area (Å²) in [7, 11) is 0. The van der Waals surface area contributed by atoms with Crippen LogP contribution in [0.3, 0.4) is 0 Å². The van der Waals surface area contributed by atoms with Crippen molar-refractivity contribution in [1.29, 1.82) is 0 Å². The van der Waals surface area contributed by atoms with Gasteiger partial charge in [-0.2, -0.15) is 0 Å². The number of rotatable bonds is 5. The van der Waals surface area contributed by atoms with Gasteiger partial charge in [-0.05, 0) is 56.5 Å². The minimum atomic E-state index is -0.849. The van der Waals surface area contributed by atoms with E-state index in [1.165, 1.54) is 4.90 Å². The number of carbonyl (C=O) groups excluding carboxylic acids is 1. The van der Waals surface area contributed by atoms with Gasteiger partial charge in [0.2, 0.25) is 0 Å². The van der Waals surface area contributed by atoms with Gasteiger partial charge in [0.25, 0.3) is 5.91 Å². The number of pyridine rings is 1. The normalized spacial score (nSPS) is 18.5. The zero-order valence-electron chi connectivity index (χ0n) is 21.4. The highest BCUT2D eigenvalue weighted by Gasteiger charge is 2.37. The molecule has 2 saturated heterocycles. The maximum atomic E-state index is 12.7. The summed E-state index contributed by atoms with van der Waals surface area (Å²) >= 11 is 0. The van der Waals surface area contributed by atoms with Gasteiger partial charge in [-0.25, -0.2) is 19.7 Å². The molecule has 0 spiro atoms. The number of imidazole rings is 1. The summed E-state index contributed by atoms with van der Waals surface area (Å²) in [6, 6.07) is 13.0. The number of piperidine rings is 1. The molecule has 2 fully saturated rings. The fourth-order valence-electron chi connectivity index (χ4n) is 5.82.